The van der Waals surface area contributed by atoms with Crippen molar-refractivity contribution in [1.29, 1.82) is 0 Å². The molecule has 0 radical (unpaired) electrons. The van der Waals surface area contributed by atoms with Gasteiger partial charge in [-0.05, 0) is 42.0 Å². The first-order chi connectivity index (χ1) is 15.8. The number of carboxylic acid groups (broad SMARTS) is 1. The number of rotatable bonds is 10. The molecule has 1 aromatic heterocycles. The van der Waals surface area contributed by atoms with Crippen molar-refractivity contribution in [1.82, 2.24) is 4.98 Å². The number of carboxylic acids is 1. The molecule has 1 amide bonds. The number of carbonyl (C=O) groups is 2. The van der Waals surface area contributed by atoms with E-state index < -0.39 is 16.9 Å². The van der Waals surface area contributed by atoms with Crippen LogP contribution >= 0.6 is 0 Å². The summed E-state index contributed by atoms with van der Waals surface area (Å²) in [6.07, 6.45) is 1.50. The molecule has 0 saturated heterocycles. The zero-order chi connectivity index (χ0) is 23.8. The van der Waals surface area contributed by atoms with Gasteiger partial charge in [0.05, 0.1) is 17.7 Å². The summed E-state index contributed by atoms with van der Waals surface area (Å²) in [6, 6.07) is 15.2. The van der Waals surface area contributed by atoms with Crippen molar-refractivity contribution in [3.05, 3.63) is 88.1 Å². The second-order valence-corrected chi connectivity index (χ2v) is 7.10. The maximum atomic E-state index is 12.3. The molecule has 0 aliphatic heterocycles. The number of aromatic carboxylic acids is 1. The van der Waals surface area contributed by atoms with Crippen molar-refractivity contribution in [2.45, 2.75) is 19.4 Å². The van der Waals surface area contributed by atoms with Gasteiger partial charge in [0, 0.05) is 24.1 Å². The summed E-state index contributed by atoms with van der Waals surface area (Å²) in [7, 11) is 0. The number of aromatic nitrogens is 1. The van der Waals surface area contributed by atoms with E-state index in [1.165, 1.54) is 25.3 Å². The van der Waals surface area contributed by atoms with Crippen LogP contribution in [0, 0.1) is 10.1 Å². The van der Waals surface area contributed by atoms with Crippen LogP contribution in [0.5, 0.6) is 17.4 Å². The van der Waals surface area contributed by atoms with E-state index in [0.29, 0.717) is 22.9 Å². The lowest BCUT2D eigenvalue weighted by atomic mass is 10.1. The van der Waals surface area contributed by atoms with E-state index in [2.05, 4.69) is 10.3 Å². The molecule has 0 fully saturated rings. The molecule has 0 saturated carbocycles. The molecule has 1 heterocycles. The lowest BCUT2D eigenvalue weighted by molar-refractivity contribution is -0.520. The van der Waals surface area contributed by atoms with Crippen molar-refractivity contribution in [3.8, 4) is 17.4 Å². The first-order valence-electron chi connectivity index (χ1n) is 9.93. The van der Waals surface area contributed by atoms with Crippen LogP contribution in [-0.4, -0.2) is 39.5 Å². The van der Waals surface area contributed by atoms with Crippen LogP contribution in [-0.2, 0) is 11.2 Å². The zero-order valence-corrected chi connectivity index (χ0v) is 17.6. The Balaban J connectivity index is 1.53. The maximum Gasteiger partial charge on any atom is 0.337 e. The quantitative estimate of drug-likeness (QED) is 0.350. The fraction of sp³-hybridized carbons (Fsp3) is 0.174. The minimum absolute atomic E-state index is 0.00976. The van der Waals surface area contributed by atoms with Crippen LogP contribution in [0.4, 0.5) is 5.69 Å². The Morgan fingerprint density at radius 2 is 1.79 bits per heavy atom. The van der Waals surface area contributed by atoms with E-state index in [4.69, 9.17) is 9.47 Å². The number of para-hydroxylation sites is 1. The SMILES string of the molecule is CC(COc1ccc(Oc2ccc(CC(=O)Nc3ccccc3C(=O)O)cn2)cc1)[N+](=O)[O-]. The minimum atomic E-state index is -1.13. The standard InChI is InChI=1S/C23H21N3O7/c1-15(26(30)31)14-32-17-7-9-18(10-8-17)33-22-11-6-16(13-24-22)12-21(27)25-20-5-3-2-4-19(20)23(28)29/h2-11,13,15H,12,14H2,1H3,(H,25,27)(H,28,29). The summed E-state index contributed by atoms with van der Waals surface area (Å²) in [6.45, 7) is 1.43. The Hall–Kier alpha value is -4.47. The molecule has 33 heavy (non-hydrogen) atoms. The predicted molar refractivity (Wildman–Crippen MR) is 118 cm³/mol. The largest absolute Gasteiger partial charge is 0.486 e. The third kappa shape index (κ3) is 6.76. The van der Waals surface area contributed by atoms with Gasteiger partial charge >= 0.3 is 5.97 Å². The third-order valence-electron chi connectivity index (χ3n) is 4.49. The highest BCUT2D eigenvalue weighted by Gasteiger charge is 2.14. The normalized spacial score (nSPS) is 11.3. The number of benzene rings is 2. The smallest absolute Gasteiger partial charge is 0.337 e. The Morgan fingerprint density at radius 1 is 1.09 bits per heavy atom. The van der Waals surface area contributed by atoms with E-state index in [0.717, 1.165) is 0 Å². The number of hydrogen-bond donors (Lipinski definition) is 2. The lowest BCUT2D eigenvalue weighted by Gasteiger charge is -2.10. The van der Waals surface area contributed by atoms with Gasteiger partial charge in [0.25, 0.3) is 0 Å². The number of pyridine rings is 1. The van der Waals surface area contributed by atoms with Crippen molar-refractivity contribution >= 4 is 17.6 Å². The molecule has 2 N–H and O–H groups in total. The average Bonchev–Trinajstić information content (AvgIpc) is 2.79. The van der Waals surface area contributed by atoms with E-state index in [1.807, 2.05) is 0 Å². The van der Waals surface area contributed by atoms with Crippen molar-refractivity contribution in [2.24, 2.45) is 0 Å². The van der Waals surface area contributed by atoms with Gasteiger partial charge in [-0.15, -0.1) is 0 Å². The average molecular weight is 451 g/mol. The molecule has 0 aliphatic rings. The Labute approximate surface area is 189 Å². The first kappa shape index (κ1) is 23.2. The number of nitrogens with one attached hydrogen (secondary N) is 1. The monoisotopic (exact) mass is 451 g/mol. The third-order valence-corrected chi connectivity index (χ3v) is 4.49. The number of amides is 1. The van der Waals surface area contributed by atoms with Crippen LogP contribution in [0.3, 0.4) is 0 Å². The molecule has 3 aromatic rings. The molecule has 0 bridgehead atoms. The second kappa shape index (κ2) is 10.7. The van der Waals surface area contributed by atoms with Crippen molar-refractivity contribution in [2.75, 3.05) is 11.9 Å². The van der Waals surface area contributed by atoms with Crippen molar-refractivity contribution in [3.63, 3.8) is 0 Å². The Kier molecular flexibility index (Phi) is 7.53. The molecule has 3 rings (SSSR count). The fourth-order valence-corrected chi connectivity index (χ4v) is 2.74. The van der Waals surface area contributed by atoms with Gasteiger partial charge in [0.15, 0.2) is 6.61 Å². The van der Waals surface area contributed by atoms with Crippen LogP contribution in [0.15, 0.2) is 66.9 Å². The zero-order valence-electron chi connectivity index (χ0n) is 17.6. The van der Waals surface area contributed by atoms with Crippen LogP contribution in [0.25, 0.3) is 0 Å². The minimum Gasteiger partial charge on any atom is -0.486 e. The first-order valence-corrected chi connectivity index (χ1v) is 9.93. The van der Waals surface area contributed by atoms with Gasteiger partial charge in [-0.25, -0.2) is 9.78 Å². The summed E-state index contributed by atoms with van der Waals surface area (Å²) in [4.78, 5) is 37.9. The van der Waals surface area contributed by atoms with E-state index in [1.54, 1.807) is 48.5 Å². The number of anilines is 1. The molecule has 2 aromatic carbocycles. The van der Waals surface area contributed by atoms with Crippen LogP contribution in [0.2, 0.25) is 0 Å². The summed E-state index contributed by atoms with van der Waals surface area (Å²) in [5.74, 6) is -0.213. The number of ether oxygens (including phenoxy) is 2. The molecule has 0 spiro atoms. The summed E-state index contributed by atoms with van der Waals surface area (Å²) >= 11 is 0. The number of nitro groups is 1. The van der Waals surface area contributed by atoms with E-state index >= 15 is 0 Å². The molecule has 10 heteroatoms. The number of nitrogens with zero attached hydrogens (tertiary/aromatic N) is 2. The molecular formula is C23H21N3O7. The summed E-state index contributed by atoms with van der Waals surface area (Å²) < 4.78 is 11.0. The molecule has 1 unspecified atom stereocenters. The van der Waals surface area contributed by atoms with Gasteiger partial charge in [0.2, 0.25) is 17.8 Å². The highest BCUT2D eigenvalue weighted by atomic mass is 16.6. The highest BCUT2D eigenvalue weighted by molar-refractivity contribution is 6.00. The topological polar surface area (TPSA) is 141 Å². The number of hydrogen-bond acceptors (Lipinski definition) is 7. The van der Waals surface area contributed by atoms with Crippen molar-refractivity contribution < 1.29 is 29.1 Å². The van der Waals surface area contributed by atoms with Gasteiger partial charge < -0.3 is 19.9 Å². The molecule has 10 nitrogen and oxygen atoms in total. The van der Waals surface area contributed by atoms with E-state index in [9.17, 15) is 24.8 Å². The second-order valence-electron chi connectivity index (χ2n) is 7.10. The number of carbonyl (C=O) groups excluding carboxylic acids is 1. The Morgan fingerprint density at radius 3 is 2.42 bits per heavy atom. The van der Waals surface area contributed by atoms with Gasteiger partial charge in [0.1, 0.15) is 11.5 Å². The van der Waals surface area contributed by atoms with Gasteiger partial charge in [-0.3, -0.25) is 14.9 Å². The predicted octanol–water partition coefficient (Wildman–Crippen LogP) is 3.80. The Bertz CT molecular complexity index is 1130. The van der Waals surface area contributed by atoms with Gasteiger partial charge in [-0.1, -0.05) is 18.2 Å². The fourth-order valence-electron chi connectivity index (χ4n) is 2.74. The lowest BCUT2D eigenvalue weighted by Crippen LogP contribution is -2.23. The summed E-state index contributed by atoms with van der Waals surface area (Å²) in [5, 5.41) is 22.4. The molecule has 1 atom stereocenters. The van der Waals surface area contributed by atoms with Gasteiger partial charge in [-0.2, -0.15) is 0 Å². The molecule has 170 valence electrons. The molecule has 0 aliphatic carbocycles. The summed E-state index contributed by atoms with van der Waals surface area (Å²) in [5.41, 5.74) is 0.857. The van der Waals surface area contributed by atoms with Crippen LogP contribution in [0.1, 0.15) is 22.8 Å². The highest BCUT2D eigenvalue weighted by Crippen LogP contribution is 2.23. The molecular weight excluding hydrogens is 430 g/mol. The van der Waals surface area contributed by atoms with Crippen LogP contribution < -0.4 is 14.8 Å². The maximum absolute atomic E-state index is 12.3. The van der Waals surface area contributed by atoms with E-state index in [-0.39, 0.29) is 30.2 Å².